The van der Waals surface area contributed by atoms with Crippen LogP contribution in [0.5, 0.6) is 0 Å². The summed E-state index contributed by atoms with van der Waals surface area (Å²) in [5, 5.41) is 0.612. The number of thiazole rings is 1. The van der Waals surface area contributed by atoms with E-state index >= 15 is 0 Å². The number of aryl methyl sites for hydroxylation is 1. The van der Waals surface area contributed by atoms with E-state index in [0.29, 0.717) is 5.01 Å². The number of hydrogen-bond acceptors (Lipinski definition) is 7. The van der Waals surface area contributed by atoms with E-state index in [2.05, 4.69) is 9.40 Å². The smallest absolute Gasteiger partial charge is 0.424 e. The van der Waals surface area contributed by atoms with Crippen molar-refractivity contribution in [2.24, 2.45) is 0 Å². The third-order valence-corrected chi connectivity index (χ3v) is 3.09. The van der Waals surface area contributed by atoms with Crippen LogP contribution in [0.1, 0.15) is 11.9 Å². The lowest BCUT2D eigenvalue weighted by molar-refractivity contribution is -0.143. The molecule has 0 atom stereocenters. The average molecular weight is 270 g/mol. The Hall–Kier alpha value is -1.96. The highest BCUT2D eigenvalue weighted by Crippen LogP contribution is 2.16. The quantitative estimate of drug-likeness (QED) is 0.744. The molecule has 0 saturated heterocycles. The zero-order valence-corrected chi connectivity index (χ0v) is 10.6. The van der Waals surface area contributed by atoms with E-state index in [1.165, 1.54) is 0 Å². The summed E-state index contributed by atoms with van der Waals surface area (Å²) in [6, 6.07) is 0. The Morgan fingerprint density at radius 3 is 2.89 bits per heavy atom. The predicted octanol–water partition coefficient (Wildman–Crippen LogP) is 0.283. The number of fused-ring (bicyclic) bond motifs is 1. The number of aromatic nitrogens is 2. The molecule has 2 aromatic rings. The van der Waals surface area contributed by atoms with Crippen molar-refractivity contribution >= 4 is 27.7 Å². The minimum absolute atomic E-state index is 0.159. The van der Waals surface area contributed by atoms with Gasteiger partial charge < -0.3 is 9.15 Å². The summed E-state index contributed by atoms with van der Waals surface area (Å²) in [4.78, 5) is 38.4. The van der Waals surface area contributed by atoms with Crippen LogP contribution in [0.15, 0.2) is 14.0 Å². The molecule has 0 saturated carbocycles. The lowest BCUT2D eigenvalue weighted by Crippen LogP contribution is -2.28. The van der Waals surface area contributed by atoms with Gasteiger partial charge in [0.2, 0.25) is 0 Å². The molecule has 0 aliphatic heterocycles. The molecule has 0 aliphatic carbocycles. The van der Waals surface area contributed by atoms with E-state index < -0.39 is 17.4 Å². The van der Waals surface area contributed by atoms with Crippen LogP contribution in [0.3, 0.4) is 0 Å². The third kappa shape index (κ3) is 2.19. The Balaban J connectivity index is 2.59. The van der Waals surface area contributed by atoms with Gasteiger partial charge in [-0.15, -0.1) is 11.3 Å². The molecule has 96 valence electrons. The van der Waals surface area contributed by atoms with Crippen molar-refractivity contribution in [2.75, 3.05) is 6.61 Å². The fourth-order valence-electron chi connectivity index (χ4n) is 1.47. The molecule has 0 bridgehead atoms. The molecule has 0 aromatic carbocycles. The largest absolute Gasteiger partial charge is 0.465 e. The van der Waals surface area contributed by atoms with Crippen molar-refractivity contribution in [3.05, 3.63) is 26.0 Å². The highest BCUT2D eigenvalue weighted by molar-refractivity contribution is 7.18. The zero-order valence-electron chi connectivity index (χ0n) is 9.76. The highest BCUT2D eigenvalue weighted by atomic mass is 32.1. The van der Waals surface area contributed by atoms with Crippen LogP contribution in [-0.4, -0.2) is 22.1 Å². The van der Waals surface area contributed by atoms with Gasteiger partial charge in [0, 0.05) is 0 Å². The number of ether oxygens (including phenoxy) is 1. The summed E-state index contributed by atoms with van der Waals surface area (Å²) in [5.74, 6) is -1.49. The van der Waals surface area contributed by atoms with E-state index in [1.807, 2.05) is 0 Å². The predicted molar refractivity (Wildman–Crippen MR) is 63.8 cm³/mol. The first-order valence-corrected chi connectivity index (χ1v) is 6.01. The number of rotatable bonds is 3. The summed E-state index contributed by atoms with van der Waals surface area (Å²) in [5.41, 5.74) is -0.576. The van der Waals surface area contributed by atoms with Gasteiger partial charge in [-0.2, -0.15) is 0 Å². The minimum atomic E-state index is -0.911. The zero-order chi connectivity index (χ0) is 13.3. The van der Waals surface area contributed by atoms with Crippen molar-refractivity contribution in [2.45, 2.75) is 20.4 Å². The molecule has 2 heterocycles. The first kappa shape index (κ1) is 12.5. The fraction of sp³-hybridized carbons (Fsp3) is 0.400. The molecule has 0 radical (unpaired) electrons. The summed E-state index contributed by atoms with van der Waals surface area (Å²) in [6.45, 7) is 3.25. The second kappa shape index (κ2) is 4.73. The number of carbonyl (C=O) groups is 1. The Morgan fingerprint density at radius 2 is 2.22 bits per heavy atom. The molecular formula is C10H10N2O5S. The average Bonchev–Trinajstić information content (AvgIpc) is 2.67. The van der Waals surface area contributed by atoms with Crippen LogP contribution < -0.4 is 11.4 Å². The van der Waals surface area contributed by atoms with Crippen LogP contribution in [0.2, 0.25) is 0 Å². The van der Waals surface area contributed by atoms with Gasteiger partial charge in [0.1, 0.15) is 6.54 Å². The fourth-order valence-corrected chi connectivity index (χ4v) is 2.27. The maximum Gasteiger partial charge on any atom is 0.424 e. The van der Waals surface area contributed by atoms with Crippen LogP contribution in [-0.2, 0) is 16.1 Å². The van der Waals surface area contributed by atoms with Gasteiger partial charge in [0.05, 0.1) is 11.6 Å². The summed E-state index contributed by atoms with van der Waals surface area (Å²) >= 11 is 1.11. The summed E-state index contributed by atoms with van der Waals surface area (Å²) in [7, 11) is 0. The number of carbonyl (C=O) groups excluding carboxylic acids is 1. The van der Waals surface area contributed by atoms with Crippen LogP contribution in [0.25, 0.3) is 10.3 Å². The number of esters is 1. The second-order valence-corrected chi connectivity index (χ2v) is 4.64. The van der Waals surface area contributed by atoms with E-state index in [-0.39, 0.29) is 23.5 Å². The Morgan fingerprint density at radius 1 is 1.50 bits per heavy atom. The second-order valence-electron chi connectivity index (χ2n) is 3.43. The van der Waals surface area contributed by atoms with Crippen LogP contribution >= 0.6 is 11.3 Å². The lowest BCUT2D eigenvalue weighted by atomic mass is 10.5. The molecule has 0 unspecified atom stereocenters. The van der Waals surface area contributed by atoms with Crippen molar-refractivity contribution in [1.82, 2.24) is 9.55 Å². The first-order chi connectivity index (χ1) is 8.52. The van der Waals surface area contributed by atoms with Gasteiger partial charge in [-0.05, 0) is 13.8 Å². The van der Waals surface area contributed by atoms with Crippen molar-refractivity contribution in [1.29, 1.82) is 0 Å². The topological polar surface area (TPSA) is 91.4 Å². The van der Waals surface area contributed by atoms with E-state index in [9.17, 15) is 14.4 Å². The minimum Gasteiger partial charge on any atom is -0.465 e. The summed E-state index contributed by atoms with van der Waals surface area (Å²) in [6.07, 6.45) is 0. The van der Waals surface area contributed by atoms with E-state index in [1.54, 1.807) is 13.8 Å². The number of hydrogen-bond donors (Lipinski definition) is 0. The molecule has 0 N–H and O–H groups in total. The maximum absolute atomic E-state index is 11.6. The normalized spacial score (nSPS) is 10.8. The first-order valence-electron chi connectivity index (χ1n) is 5.19. The highest BCUT2D eigenvalue weighted by Gasteiger charge is 2.16. The van der Waals surface area contributed by atoms with E-state index in [4.69, 9.17) is 4.74 Å². The van der Waals surface area contributed by atoms with Gasteiger partial charge >= 0.3 is 17.4 Å². The lowest BCUT2D eigenvalue weighted by Gasteiger charge is -2.04. The Labute approximate surface area is 105 Å². The molecule has 2 rings (SSSR count). The van der Waals surface area contributed by atoms with Crippen LogP contribution in [0, 0.1) is 6.92 Å². The van der Waals surface area contributed by atoms with Gasteiger partial charge in [0.15, 0.2) is 10.3 Å². The monoisotopic (exact) mass is 270 g/mol. The molecule has 0 amide bonds. The molecule has 7 nitrogen and oxygen atoms in total. The molecule has 18 heavy (non-hydrogen) atoms. The molecule has 0 spiro atoms. The van der Waals surface area contributed by atoms with Crippen LogP contribution in [0.4, 0.5) is 0 Å². The Kier molecular flexibility index (Phi) is 3.28. The van der Waals surface area contributed by atoms with Gasteiger partial charge in [-0.25, -0.2) is 19.1 Å². The molecule has 2 aromatic heterocycles. The van der Waals surface area contributed by atoms with Gasteiger partial charge in [-0.3, -0.25) is 4.79 Å². The molecule has 0 aliphatic rings. The van der Waals surface area contributed by atoms with Crippen molar-refractivity contribution in [3.63, 3.8) is 0 Å². The molecular weight excluding hydrogens is 260 g/mol. The van der Waals surface area contributed by atoms with E-state index in [0.717, 1.165) is 15.9 Å². The molecule has 8 heteroatoms. The summed E-state index contributed by atoms with van der Waals surface area (Å²) < 4.78 is 10.5. The SMILES string of the molecule is CCOC(=O)Cn1c(=O)oc(=O)c2sc(C)nc21. The standard InChI is InChI=1S/C10H10N2O5S/c1-3-16-6(13)4-12-8-7(18-5(2)11-8)9(14)17-10(12)15/h3-4H2,1-2H3. The van der Waals surface area contributed by atoms with Gasteiger partial charge in [-0.1, -0.05) is 0 Å². The number of nitrogens with zero attached hydrogens (tertiary/aromatic N) is 2. The Bertz CT molecular complexity index is 711. The van der Waals surface area contributed by atoms with Crippen molar-refractivity contribution < 1.29 is 13.9 Å². The third-order valence-electron chi connectivity index (χ3n) is 2.15. The van der Waals surface area contributed by atoms with Gasteiger partial charge in [0.25, 0.3) is 0 Å². The molecule has 0 fully saturated rings. The van der Waals surface area contributed by atoms with Crippen molar-refractivity contribution in [3.8, 4) is 0 Å². The maximum atomic E-state index is 11.6.